The molecule has 0 aliphatic heterocycles. The van der Waals surface area contributed by atoms with Crippen molar-refractivity contribution in [2.75, 3.05) is 12.8 Å². The predicted molar refractivity (Wildman–Crippen MR) is 114 cm³/mol. The quantitative estimate of drug-likeness (QED) is 0.527. The van der Waals surface area contributed by atoms with Gasteiger partial charge in [0.1, 0.15) is 5.69 Å². The highest BCUT2D eigenvalue weighted by atomic mass is 16.5. The Morgan fingerprint density at radius 3 is 2.60 bits per heavy atom. The van der Waals surface area contributed by atoms with Crippen LogP contribution in [0.15, 0.2) is 54.7 Å². The first kappa shape index (κ1) is 19.7. The maximum absolute atomic E-state index is 5.96. The first-order chi connectivity index (χ1) is 14.5. The Morgan fingerprint density at radius 2 is 1.80 bits per heavy atom. The molecule has 0 aliphatic carbocycles. The molecule has 0 bridgehead atoms. The zero-order valence-corrected chi connectivity index (χ0v) is 17.1. The fraction of sp³-hybridized carbons (Fsp3) is 0.227. The third-order valence-corrected chi connectivity index (χ3v) is 4.78. The minimum Gasteiger partial charge on any atom is -0.375 e. The van der Waals surface area contributed by atoms with Crippen molar-refractivity contribution in [3.05, 3.63) is 71.7 Å². The van der Waals surface area contributed by atoms with Crippen molar-refractivity contribution in [3.63, 3.8) is 0 Å². The van der Waals surface area contributed by atoms with Crippen molar-refractivity contribution in [3.8, 4) is 22.6 Å². The number of benzene rings is 1. The highest BCUT2D eigenvalue weighted by molar-refractivity contribution is 5.67. The molecule has 0 saturated heterocycles. The van der Waals surface area contributed by atoms with E-state index in [0.717, 1.165) is 28.2 Å². The van der Waals surface area contributed by atoms with E-state index in [1.807, 2.05) is 62.5 Å². The number of pyridine rings is 1. The number of nitrogens with zero attached hydrogens (tertiary/aromatic N) is 6. The van der Waals surface area contributed by atoms with Crippen molar-refractivity contribution in [2.45, 2.75) is 26.5 Å². The number of hydrogen-bond donors (Lipinski definition) is 1. The number of hydrogen-bond acceptors (Lipinski definition) is 7. The Bertz CT molecular complexity index is 1170. The van der Waals surface area contributed by atoms with Crippen LogP contribution in [0.4, 0.5) is 5.95 Å². The van der Waals surface area contributed by atoms with Crippen LogP contribution in [0, 0.1) is 6.92 Å². The SMILES string of the molecule is CO[C@@H](C)c1cccc(Cn2cc(-c3cc(-c4cccc(C)c4)nc(N)n3)nn2)n1. The van der Waals surface area contributed by atoms with Crippen molar-refractivity contribution in [1.29, 1.82) is 0 Å². The van der Waals surface area contributed by atoms with Crippen LogP contribution in [0.5, 0.6) is 0 Å². The summed E-state index contributed by atoms with van der Waals surface area (Å²) in [5, 5.41) is 8.49. The van der Waals surface area contributed by atoms with Crippen LogP contribution in [0.2, 0.25) is 0 Å². The molecule has 0 fully saturated rings. The fourth-order valence-electron chi connectivity index (χ4n) is 3.14. The van der Waals surface area contributed by atoms with E-state index < -0.39 is 0 Å². The smallest absolute Gasteiger partial charge is 0.221 e. The molecule has 152 valence electrons. The molecule has 0 aliphatic rings. The predicted octanol–water partition coefficient (Wildman–Crippen LogP) is 3.44. The molecule has 1 atom stereocenters. The summed E-state index contributed by atoms with van der Waals surface area (Å²) in [7, 11) is 1.67. The third-order valence-electron chi connectivity index (χ3n) is 4.78. The molecule has 0 radical (unpaired) electrons. The van der Waals surface area contributed by atoms with E-state index in [2.05, 4.69) is 31.3 Å². The number of rotatable bonds is 6. The lowest BCUT2D eigenvalue weighted by Crippen LogP contribution is -2.06. The van der Waals surface area contributed by atoms with Crippen LogP contribution >= 0.6 is 0 Å². The highest BCUT2D eigenvalue weighted by Crippen LogP contribution is 2.24. The number of aryl methyl sites for hydroxylation is 1. The summed E-state index contributed by atoms with van der Waals surface area (Å²) in [6.07, 6.45) is 1.76. The Kier molecular flexibility index (Phi) is 5.49. The average molecular weight is 401 g/mol. The van der Waals surface area contributed by atoms with Gasteiger partial charge in [-0.1, -0.05) is 35.0 Å². The van der Waals surface area contributed by atoms with Crippen LogP contribution in [-0.4, -0.2) is 37.1 Å². The zero-order chi connectivity index (χ0) is 21.1. The largest absolute Gasteiger partial charge is 0.375 e. The van der Waals surface area contributed by atoms with Gasteiger partial charge in [-0.25, -0.2) is 14.6 Å². The monoisotopic (exact) mass is 401 g/mol. The molecular formula is C22H23N7O. The normalized spacial score (nSPS) is 12.1. The van der Waals surface area contributed by atoms with E-state index in [-0.39, 0.29) is 12.1 Å². The Labute approximate surface area is 174 Å². The van der Waals surface area contributed by atoms with Gasteiger partial charge in [-0.3, -0.25) is 4.98 Å². The van der Waals surface area contributed by atoms with E-state index in [9.17, 15) is 0 Å². The number of aromatic nitrogens is 6. The fourth-order valence-corrected chi connectivity index (χ4v) is 3.14. The molecule has 30 heavy (non-hydrogen) atoms. The van der Waals surface area contributed by atoms with E-state index in [0.29, 0.717) is 17.9 Å². The van der Waals surface area contributed by atoms with Crippen LogP contribution in [0.3, 0.4) is 0 Å². The van der Waals surface area contributed by atoms with Gasteiger partial charge in [0, 0.05) is 12.7 Å². The van der Waals surface area contributed by atoms with Gasteiger partial charge in [0.15, 0.2) is 0 Å². The lowest BCUT2D eigenvalue weighted by molar-refractivity contribution is 0.116. The van der Waals surface area contributed by atoms with E-state index in [1.165, 1.54) is 0 Å². The summed E-state index contributed by atoms with van der Waals surface area (Å²) >= 11 is 0. The number of nitrogen functional groups attached to an aromatic ring is 1. The van der Waals surface area contributed by atoms with Crippen LogP contribution in [0.1, 0.15) is 30.0 Å². The molecule has 0 saturated carbocycles. The Hall–Kier alpha value is -3.65. The number of nitrogens with two attached hydrogens (primary N) is 1. The molecule has 3 heterocycles. The third kappa shape index (κ3) is 4.33. The summed E-state index contributed by atoms with van der Waals surface area (Å²) in [6.45, 7) is 4.49. The van der Waals surface area contributed by atoms with Gasteiger partial charge in [0.05, 0.1) is 41.6 Å². The molecule has 2 N–H and O–H groups in total. The molecule has 8 heteroatoms. The van der Waals surface area contributed by atoms with Gasteiger partial charge in [-0.2, -0.15) is 0 Å². The summed E-state index contributed by atoms with van der Waals surface area (Å²) in [4.78, 5) is 13.3. The first-order valence-electron chi connectivity index (χ1n) is 9.62. The lowest BCUT2D eigenvalue weighted by Gasteiger charge is -2.10. The van der Waals surface area contributed by atoms with Crippen molar-refractivity contribution in [2.24, 2.45) is 0 Å². The summed E-state index contributed by atoms with van der Waals surface area (Å²) in [6, 6.07) is 15.8. The number of ether oxygens (including phenoxy) is 1. The van der Waals surface area contributed by atoms with Crippen molar-refractivity contribution in [1.82, 2.24) is 29.9 Å². The molecule has 1 aromatic carbocycles. The van der Waals surface area contributed by atoms with Crippen LogP contribution in [0.25, 0.3) is 22.6 Å². The lowest BCUT2D eigenvalue weighted by atomic mass is 10.1. The maximum Gasteiger partial charge on any atom is 0.221 e. The van der Waals surface area contributed by atoms with Crippen molar-refractivity contribution < 1.29 is 4.74 Å². The highest BCUT2D eigenvalue weighted by Gasteiger charge is 2.12. The second-order valence-corrected chi connectivity index (χ2v) is 7.10. The van der Waals surface area contributed by atoms with Gasteiger partial charge in [-0.15, -0.1) is 5.10 Å². The second-order valence-electron chi connectivity index (χ2n) is 7.10. The zero-order valence-electron chi connectivity index (χ0n) is 17.1. The molecule has 8 nitrogen and oxygen atoms in total. The molecular weight excluding hydrogens is 378 g/mol. The molecule has 4 rings (SSSR count). The first-order valence-corrected chi connectivity index (χ1v) is 9.62. The van der Waals surface area contributed by atoms with Gasteiger partial charge >= 0.3 is 0 Å². The van der Waals surface area contributed by atoms with E-state index in [1.54, 1.807) is 11.8 Å². The van der Waals surface area contributed by atoms with Gasteiger partial charge < -0.3 is 10.5 Å². The van der Waals surface area contributed by atoms with Gasteiger partial charge in [0.2, 0.25) is 5.95 Å². The Balaban J connectivity index is 1.60. The Morgan fingerprint density at radius 1 is 1.00 bits per heavy atom. The molecule has 0 amide bonds. The van der Waals surface area contributed by atoms with Crippen LogP contribution < -0.4 is 5.73 Å². The van der Waals surface area contributed by atoms with Crippen LogP contribution in [-0.2, 0) is 11.3 Å². The summed E-state index contributed by atoms with van der Waals surface area (Å²) in [5.41, 5.74) is 11.8. The molecule has 0 spiro atoms. The minimum absolute atomic E-state index is 0.0692. The molecule has 0 unspecified atom stereocenters. The topological polar surface area (TPSA) is 105 Å². The number of anilines is 1. The summed E-state index contributed by atoms with van der Waals surface area (Å²) in [5.74, 6) is 0.196. The van der Waals surface area contributed by atoms with E-state index in [4.69, 9.17) is 10.5 Å². The average Bonchev–Trinajstić information content (AvgIpc) is 3.21. The standard InChI is InChI=1S/C22H23N7O/c1-14-6-4-7-16(10-14)19-11-20(26-22(23)25-19)21-13-29(28-27-21)12-17-8-5-9-18(24-17)15(2)30-3/h4-11,13,15H,12H2,1-3H3,(H2,23,25,26)/t15-/m0/s1. The number of methoxy groups -OCH3 is 1. The second kappa shape index (κ2) is 8.38. The van der Waals surface area contributed by atoms with E-state index >= 15 is 0 Å². The van der Waals surface area contributed by atoms with Gasteiger partial charge in [-0.05, 0) is 38.1 Å². The van der Waals surface area contributed by atoms with Gasteiger partial charge in [0.25, 0.3) is 0 Å². The minimum atomic E-state index is -0.0692. The molecule has 3 aromatic heterocycles. The molecule has 4 aromatic rings. The summed E-state index contributed by atoms with van der Waals surface area (Å²) < 4.78 is 7.07. The van der Waals surface area contributed by atoms with Crippen molar-refractivity contribution >= 4 is 5.95 Å². The maximum atomic E-state index is 5.96.